The third-order valence-electron chi connectivity index (χ3n) is 3.00. The number of hydrogen-bond acceptors (Lipinski definition) is 2. The molecule has 1 aliphatic heterocycles. The molecule has 1 aromatic rings. The molecule has 0 bridgehead atoms. The lowest BCUT2D eigenvalue weighted by Crippen LogP contribution is -2.05. The van der Waals surface area contributed by atoms with Crippen LogP contribution in [-0.4, -0.2) is 12.1 Å². The summed E-state index contributed by atoms with van der Waals surface area (Å²) in [5.74, 6) is -0.110. The second-order valence-corrected chi connectivity index (χ2v) is 4.17. The van der Waals surface area contributed by atoms with Gasteiger partial charge in [-0.15, -0.1) is 0 Å². The Morgan fingerprint density at radius 2 is 2.00 bits per heavy atom. The molecule has 1 aliphatic rings. The summed E-state index contributed by atoms with van der Waals surface area (Å²) in [5.41, 5.74) is 2.30. The van der Waals surface area contributed by atoms with Gasteiger partial charge in [0.25, 0.3) is 0 Å². The zero-order chi connectivity index (χ0) is 10.8. The number of carbonyl (C=O) groups is 1. The van der Waals surface area contributed by atoms with Gasteiger partial charge in [-0.25, -0.2) is 0 Å². The largest absolute Gasteiger partial charge is 0.462 e. The van der Waals surface area contributed by atoms with Crippen LogP contribution in [0.2, 0.25) is 0 Å². The average molecular weight is 204 g/mol. The van der Waals surface area contributed by atoms with Crippen LogP contribution in [0, 0.1) is 6.92 Å². The van der Waals surface area contributed by atoms with E-state index in [1.807, 2.05) is 31.2 Å². The molecule has 1 saturated heterocycles. The summed E-state index contributed by atoms with van der Waals surface area (Å²) in [5, 5.41) is 0. The van der Waals surface area contributed by atoms with Crippen molar-refractivity contribution in [2.24, 2.45) is 0 Å². The van der Waals surface area contributed by atoms with Gasteiger partial charge in [-0.05, 0) is 18.9 Å². The molecule has 0 aromatic heterocycles. The maximum Gasteiger partial charge on any atom is 0.313 e. The maximum atomic E-state index is 11.6. The van der Waals surface area contributed by atoms with E-state index in [-0.39, 0.29) is 18.0 Å². The second-order valence-electron chi connectivity index (χ2n) is 4.17. The van der Waals surface area contributed by atoms with E-state index in [9.17, 15) is 4.79 Å². The van der Waals surface area contributed by atoms with Crippen LogP contribution in [0.25, 0.3) is 0 Å². The fraction of sp³-hybridized carbons (Fsp3) is 0.462. The summed E-state index contributed by atoms with van der Waals surface area (Å²) in [4.78, 5) is 11.6. The van der Waals surface area contributed by atoms with Crippen LogP contribution in [-0.2, 0) is 9.53 Å². The first kappa shape index (κ1) is 10.2. The fourth-order valence-electron chi connectivity index (χ4n) is 1.97. The standard InChI is InChI=1S/C13H16O2/c1-3-11-8-12(13(14)15-11)10-6-4-9(2)5-7-10/h4-7,11-12H,3,8H2,1-2H3. The van der Waals surface area contributed by atoms with Gasteiger partial charge >= 0.3 is 5.97 Å². The van der Waals surface area contributed by atoms with Crippen LogP contribution in [0.15, 0.2) is 24.3 Å². The summed E-state index contributed by atoms with van der Waals surface area (Å²) in [6, 6.07) is 8.14. The molecule has 0 radical (unpaired) electrons. The van der Waals surface area contributed by atoms with E-state index >= 15 is 0 Å². The normalized spacial score (nSPS) is 25.3. The summed E-state index contributed by atoms with van der Waals surface area (Å²) in [6.07, 6.45) is 1.86. The second kappa shape index (κ2) is 4.05. The Hall–Kier alpha value is -1.31. The van der Waals surface area contributed by atoms with Crippen LogP contribution >= 0.6 is 0 Å². The van der Waals surface area contributed by atoms with E-state index in [1.54, 1.807) is 0 Å². The smallest absolute Gasteiger partial charge is 0.313 e. The Morgan fingerprint density at radius 1 is 1.33 bits per heavy atom. The van der Waals surface area contributed by atoms with Crippen LogP contribution in [0.3, 0.4) is 0 Å². The third-order valence-corrected chi connectivity index (χ3v) is 3.00. The van der Waals surface area contributed by atoms with Gasteiger partial charge in [-0.2, -0.15) is 0 Å². The molecule has 1 aromatic carbocycles. The zero-order valence-corrected chi connectivity index (χ0v) is 9.19. The Bertz CT molecular complexity index is 353. The first-order valence-corrected chi connectivity index (χ1v) is 5.47. The molecule has 15 heavy (non-hydrogen) atoms. The van der Waals surface area contributed by atoms with Crippen molar-refractivity contribution in [1.29, 1.82) is 0 Å². The molecule has 2 atom stereocenters. The lowest BCUT2D eigenvalue weighted by atomic mass is 9.94. The molecular formula is C13H16O2. The fourth-order valence-corrected chi connectivity index (χ4v) is 1.97. The summed E-state index contributed by atoms with van der Waals surface area (Å²) in [6.45, 7) is 4.10. The van der Waals surface area contributed by atoms with Gasteiger partial charge in [0, 0.05) is 6.42 Å². The first-order valence-electron chi connectivity index (χ1n) is 5.47. The van der Waals surface area contributed by atoms with Crippen molar-refractivity contribution in [2.45, 2.75) is 38.7 Å². The predicted octanol–water partition coefficient (Wildman–Crippen LogP) is 2.80. The number of cyclic esters (lactones) is 1. The summed E-state index contributed by atoms with van der Waals surface area (Å²) >= 11 is 0. The van der Waals surface area contributed by atoms with Gasteiger partial charge in [0.05, 0.1) is 5.92 Å². The number of rotatable bonds is 2. The SMILES string of the molecule is CCC1CC(c2ccc(C)cc2)C(=O)O1. The molecule has 2 heteroatoms. The van der Waals surface area contributed by atoms with Crippen molar-refractivity contribution in [3.8, 4) is 0 Å². The van der Waals surface area contributed by atoms with Crippen molar-refractivity contribution in [3.63, 3.8) is 0 Å². The highest BCUT2D eigenvalue weighted by Crippen LogP contribution is 2.31. The molecular weight excluding hydrogens is 188 g/mol. The molecule has 1 fully saturated rings. The summed E-state index contributed by atoms with van der Waals surface area (Å²) < 4.78 is 5.27. The lowest BCUT2D eigenvalue weighted by molar-refractivity contribution is -0.142. The van der Waals surface area contributed by atoms with E-state index in [1.165, 1.54) is 5.56 Å². The van der Waals surface area contributed by atoms with Gasteiger partial charge < -0.3 is 4.74 Å². The molecule has 80 valence electrons. The Morgan fingerprint density at radius 3 is 2.53 bits per heavy atom. The highest BCUT2D eigenvalue weighted by atomic mass is 16.5. The van der Waals surface area contributed by atoms with E-state index in [4.69, 9.17) is 4.74 Å². The Balaban J connectivity index is 2.18. The minimum Gasteiger partial charge on any atom is -0.462 e. The number of ether oxygens (including phenoxy) is 1. The van der Waals surface area contributed by atoms with Gasteiger partial charge in [-0.1, -0.05) is 36.8 Å². The Labute approximate surface area is 90.3 Å². The van der Waals surface area contributed by atoms with Crippen molar-refractivity contribution in [3.05, 3.63) is 35.4 Å². The van der Waals surface area contributed by atoms with Crippen LogP contribution < -0.4 is 0 Å². The molecule has 0 spiro atoms. The van der Waals surface area contributed by atoms with Crippen molar-refractivity contribution < 1.29 is 9.53 Å². The van der Waals surface area contributed by atoms with Gasteiger partial charge in [0.2, 0.25) is 0 Å². The monoisotopic (exact) mass is 204 g/mol. The number of carbonyl (C=O) groups excluding carboxylic acids is 1. The molecule has 0 N–H and O–H groups in total. The average Bonchev–Trinajstić information content (AvgIpc) is 2.61. The molecule has 0 aliphatic carbocycles. The number of benzene rings is 1. The topological polar surface area (TPSA) is 26.3 Å². The maximum absolute atomic E-state index is 11.6. The first-order chi connectivity index (χ1) is 7.20. The highest BCUT2D eigenvalue weighted by molar-refractivity contribution is 5.80. The highest BCUT2D eigenvalue weighted by Gasteiger charge is 2.34. The third kappa shape index (κ3) is 2.04. The van der Waals surface area contributed by atoms with Crippen LogP contribution in [0.5, 0.6) is 0 Å². The minimum absolute atomic E-state index is 0.0458. The van der Waals surface area contributed by atoms with Crippen molar-refractivity contribution in [1.82, 2.24) is 0 Å². The molecule has 2 rings (SSSR count). The van der Waals surface area contributed by atoms with Gasteiger partial charge in [-0.3, -0.25) is 4.79 Å². The Kier molecular flexibility index (Phi) is 2.76. The summed E-state index contributed by atoms with van der Waals surface area (Å²) in [7, 11) is 0. The molecule has 0 amide bonds. The lowest BCUT2D eigenvalue weighted by Gasteiger charge is -2.05. The quantitative estimate of drug-likeness (QED) is 0.692. The van der Waals surface area contributed by atoms with Crippen molar-refractivity contribution >= 4 is 5.97 Å². The number of aryl methyl sites for hydroxylation is 1. The van der Waals surface area contributed by atoms with Crippen LogP contribution in [0.4, 0.5) is 0 Å². The predicted molar refractivity (Wildman–Crippen MR) is 58.7 cm³/mol. The van der Waals surface area contributed by atoms with Gasteiger partial charge in [0.1, 0.15) is 6.10 Å². The van der Waals surface area contributed by atoms with Crippen molar-refractivity contribution in [2.75, 3.05) is 0 Å². The minimum atomic E-state index is -0.0642. The van der Waals surface area contributed by atoms with E-state index in [0.29, 0.717) is 0 Å². The van der Waals surface area contributed by atoms with Crippen LogP contribution in [0.1, 0.15) is 36.8 Å². The number of hydrogen-bond donors (Lipinski definition) is 0. The molecule has 1 heterocycles. The molecule has 2 unspecified atom stereocenters. The molecule has 2 nitrogen and oxygen atoms in total. The zero-order valence-electron chi connectivity index (χ0n) is 9.19. The number of esters is 1. The van der Waals surface area contributed by atoms with E-state index in [2.05, 4.69) is 6.92 Å². The molecule has 0 saturated carbocycles. The van der Waals surface area contributed by atoms with E-state index in [0.717, 1.165) is 18.4 Å². The van der Waals surface area contributed by atoms with E-state index < -0.39 is 0 Å². The van der Waals surface area contributed by atoms with Gasteiger partial charge in [0.15, 0.2) is 0 Å².